The maximum Gasteiger partial charge on any atom is 0.238 e. The van der Waals surface area contributed by atoms with Gasteiger partial charge in [-0.15, -0.1) is 5.73 Å². The van der Waals surface area contributed by atoms with E-state index in [-0.39, 0.29) is 10.3 Å². The number of primary sulfonamides is 1. The number of rotatable bonds is 4. The van der Waals surface area contributed by atoms with Gasteiger partial charge in [-0.1, -0.05) is 63.2 Å². The average molecular weight is 356 g/mol. The first-order chi connectivity index (χ1) is 11.6. The van der Waals surface area contributed by atoms with Gasteiger partial charge in [0.05, 0.1) is 4.90 Å². The molecule has 2 rings (SSSR count). The molecule has 3 nitrogen and oxygen atoms in total. The third kappa shape index (κ3) is 5.71. The van der Waals surface area contributed by atoms with Gasteiger partial charge in [0.2, 0.25) is 10.0 Å². The van der Waals surface area contributed by atoms with Gasteiger partial charge in [0.15, 0.2) is 0 Å². The van der Waals surface area contributed by atoms with Crippen LogP contribution in [-0.2, 0) is 10.0 Å². The van der Waals surface area contributed by atoms with E-state index in [4.69, 9.17) is 5.14 Å². The topological polar surface area (TPSA) is 60.2 Å². The standard InChI is InChI=1S/C21H25NO2S/c1-16(15-21(2,3)4)14-20(17-8-6-5-7-9-17)18-10-12-19(13-11-18)25(22,23)24/h5-13H,15H2,1-4H3,(H2,22,23,24). The molecular weight excluding hydrogens is 330 g/mol. The molecule has 0 aliphatic heterocycles. The van der Waals surface area contributed by atoms with Gasteiger partial charge >= 0.3 is 0 Å². The SMILES string of the molecule is CC(=C=C(c1ccccc1)c1ccc(S(N)(=O)=O)cc1)CC(C)(C)C. The Morgan fingerprint density at radius 2 is 1.48 bits per heavy atom. The molecule has 0 bridgehead atoms. The first-order valence-electron chi connectivity index (χ1n) is 8.21. The predicted octanol–water partition coefficient (Wildman–Crippen LogP) is 4.75. The van der Waals surface area contributed by atoms with Gasteiger partial charge in [0, 0.05) is 5.57 Å². The molecule has 2 aromatic carbocycles. The third-order valence-electron chi connectivity index (χ3n) is 3.67. The lowest BCUT2D eigenvalue weighted by Crippen LogP contribution is -2.11. The first-order valence-corrected chi connectivity index (χ1v) is 9.76. The second-order valence-corrected chi connectivity index (χ2v) is 9.01. The molecule has 25 heavy (non-hydrogen) atoms. The Bertz CT molecular complexity index is 897. The zero-order valence-corrected chi connectivity index (χ0v) is 16.0. The highest BCUT2D eigenvalue weighted by atomic mass is 32.2. The molecule has 4 heteroatoms. The molecule has 2 aromatic rings. The molecule has 0 aromatic heterocycles. The van der Waals surface area contributed by atoms with Crippen LogP contribution >= 0.6 is 0 Å². The van der Waals surface area contributed by atoms with E-state index >= 15 is 0 Å². The molecule has 0 fully saturated rings. The van der Waals surface area contributed by atoms with Crippen molar-refractivity contribution in [2.75, 3.05) is 0 Å². The second-order valence-electron chi connectivity index (χ2n) is 7.45. The smallest absolute Gasteiger partial charge is 0.225 e. The monoisotopic (exact) mass is 355 g/mol. The fraction of sp³-hybridized carbons (Fsp3) is 0.286. The van der Waals surface area contributed by atoms with Crippen molar-refractivity contribution in [3.8, 4) is 0 Å². The van der Waals surface area contributed by atoms with Crippen LogP contribution in [0.2, 0.25) is 0 Å². The molecule has 0 atom stereocenters. The molecule has 2 N–H and O–H groups in total. The molecular formula is C21H25NO2S. The van der Waals surface area contributed by atoms with E-state index in [0.717, 1.165) is 28.7 Å². The molecule has 0 saturated heterocycles. The van der Waals surface area contributed by atoms with Gasteiger partial charge in [0.25, 0.3) is 0 Å². The minimum absolute atomic E-state index is 0.110. The van der Waals surface area contributed by atoms with E-state index in [9.17, 15) is 8.42 Å². The van der Waals surface area contributed by atoms with Crippen molar-refractivity contribution in [2.24, 2.45) is 10.6 Å². The zero-order chi connectivity index (χ0) is 18.7. The average Bonchev–Trinajstić information content (AvgIpc) is 2.51. The number of sulfonamides is 1. The first kappa shape index (κ1) is 19.2. The van der Waals surface area contributed by atoms with Gasteiger partial charge in [-0.05, 0) is 47.6 Å². The third-order valence-corrected chi connectivity index (χ3v) is 4.60. The van der Waals surface area contributed by atoms with Gasteiger partial charge in [-0.3, -0.25) is 0 Å². The summed E-state index contributed by atoms with van der Waals surface area (Å²) in [5, 5.41) is 5.19. The normalized spacial score (nSPS) is 11.7. The Kier molecular flexibility index (Phi) is 5.69. The lowest BCUT2D eigenvalue weighted by Gasteiger charge is -2.17. The van der Waals surface area contributed by atoms with Crippen LogP contribution in [0, 0.1) is 5.41 Å². The van der Waals surface area contributed by atoms with Crippen LogP contribution in [0.4, 0.5) is 0 Å². The van der Waals surface area contributed by atoms with E-state index in [1.165, 1.54) is 12.1 Å². The number of benzene rings is 2. The summed E-state index contributed by atoms with van der Waals surface area (Å²) in [5.74, 6) is 0. The molecule has 132 valence electrons. The van der Waals surface area contributed by atoms with Crippen molar-refractivity contribution >= 4 is 15.6 Å². The Labute approximate surface area is 150 Å². The minimum Gasteiger partial charge on any atom is -0.225 e. The Hall–Kier alpha value is -2.13. The van der Waals surface area contributed by atoms with E-state index in [1.54, 1.807) is 12.1 Å². The van der Waals surface area contributed by atoms with Crippen molar-refractivity contribution in [3.63, 3.8) is 0 Å². The quantitative estimate of drug-likeness (QED) is 0.805. The summed E-state index contributed by atoms with van der Waals surface area (Å²) in [5.41, 5.74) is 7.75. The number of allylic oxidation sites excluding steroid dienone is 1. The second kappa shape index (κ2) is 7.40. The molecule has 0 amide bonds. The summed E-state index contributed by atoms with van der Waals surface area (Å²) in [4.78, 5) is 0.110. The summed E-state index contributed by atoms with van der Waals surface area (Å²) in [6, 6.07) is 16.6. The number of nitrogens with two attached hydrogens (primary N) is 1. The predicted molar refractivity (Wildman–Crippen MR) is 104 cm³/mol. The highest BCUT2D eigenvalue weighted by Gasteiger charge is 2.12. The van der Waals surface area contributed by atoms with Gasteiger partial charge in [-0.25, -0.2) is 13.6 Å². The fourth-order valence-electron chi connectivity index (χ4n) is 2.78. The van der Waals surface area contributed by atoms with Crippen LogP contribution in [0.3, 0.4) is 0 Å². The molecule has 0 aliphatic rings. The van der Waals surface area contributed by atoms with Gasteiger partial charge < -0.3 is 0 Å². The van der Waals surface area contributed by atoms with Crippen LogP contribution in [0.5, 0.6) is 0 Å². The molecule has 0 heterocycles. The maximum absolute atomic E-state index is 11.5. The zero-order valence-electron chi connectivity index (χ0n) is 15.2. The van der Waals surface area contributed by atoms with Crippen molar-refractivity contribution in [1.82, 2.24) is 0 Å². The minimum atomic E-state index is -3.69. The van der Waals surface area contributed by atoms with Crippen molar-refractivity contribution in [3.05, 3.63) is 77.0 Å². The molecule has 0 radical (unpaired) electrons. The summed E-state index contributed by atoms with van der Waals surface area (Å²) < 4.78 is 22.9. The summed E-state index contributed by atoms with van der Waals surface area (Å²) >= 11 is 0. The highest BCUT2D eigenvalue weighted by Crippen LogP contribution is 2.27. The van der Waals surface area contributed by atoms with E-state index in [1.807, 2.05) is 30.3 Å². The van der Waals surface area contributed by atoms with E-state index in [2.05, 4.69) is 33.4 Å². The van der Waals surface area contributed by atoms with Crippen molar-refractivity contribution < 1.29 is 8.42 Å². The summed E-state index contributed by atoms with van der Waals surface area (Å²) in [6.07, 6.45) is 0.929. The Morgan fingerprint density at radius 3 is 1.96 bits per heavy atom. The van der Waals surface area contributed by atoms with E-state index < -0.39 is 10.0 Å². The van der Waals surface area contributed by atoms with E-state index in [0.29, 0.717) is 0 Å². The van der Waals surface area contributed by atoms with Crippen LogP contribution in [-0.4, -0.2) is 8.42 Å². The van der Waals surface area contributed by atoms with Crippen LogP contribution in [0.1, 0.15) is 45.2 Å². The Balaban J connectivity index is 2.59. The lowest BCUT2D eigenvalue weighted by atomic mass is 9.88. The van der Waals surface area contributed by atoms with Gasteiger partial charge in [0.1, 0.15) is 0 Å². The molecule has 0 spiro atoms. The highest BCUT2D eigenvalue weighted by molar-refractivity contribution is 7.89. The molecule has 0 unspecified atom stereocenters. The van der Waals surface area contributed by atoms with Crippen molar-refractivity contribution in [2.45, 2.75) is 39.0 Å². The maximum atomic E-state index is 11.5. The summed E-state index contributed by atoms with van der Waals surface area (Å²) in [6.45, 7) is 8.66. The van der Waals surface area contributed by atoms with Crippen LogP contribution < -0.4 is 5.14 Å². The largest absolute Gasteiger partial charge is 0.238 e. The molecule has 0 saturated carbocycles. The lowest BCUT2D eigenvalue weighted by molar-refractivity contribution is 0.410. The van der Waals surface area contributed by atoms with Crippen molar-refractivity contribution in [1.29, 1.82) is 0 Å². The van der Waals surface area contributed by atoms with Crippen LogP contribution in [0.15, 0.2) is 70.8 Å². The van der Waals surface area contributed by atoms with Gasteiger partial charge in [-0.2, -0.15) is 0 Å². The number of hydrogen-bond acceptors (Lipinski definition) is 2. The number of hydrogen-bond donors (Lipinski definition) is 1. The molecule has 0 aliphatic carbocycles. The Morgan fingerprint density at radius 1 is 0.960 bits per heavy atom. The summed E-state index contributed by atoms with van der Waals surface area (Å²) in [7, 11) is -3.69. The fourth-order valence-corrected chi connectivity index (χ4v) is 3.30. The van der Waals surface area contributed by atoms with Crippen LogP contribution in [0.25, 0.3) is 5.57 Å².